The number of carbonyl (C=O) groups excluding carboxylic acids is 1. The van der Waals surface area contributed by atoms with Gasteiger partial charge in [-0.25, -0.2) is 0 Å². The number of quaternary nitrogens is 1. The van der Waals surface area contributed by atoms with E-state index < -0.39 is 11.9 Å². The van der Waals surface area contributed by atoms with Gasteiger partial charge in [0, 0.05) is 19.3 Å². The second kappa shape index (κ2) is 15.2. The first kappa shape index (κ1) is 25.1. The Balaban J connectivity index is 4.64. The number of carbonyl (C=O) groups is 3. The minimum atomic E-state index is -0.878. The number of carboxylic acids is 2. The number of aliphatic carboxylic acids is 2. The van der Waals surface area contributed by atoms with Crippen LogP contribution in [0.15, 0.2) is 12.2 Å². The number of aliphatic hydroxyl groups is 1. The molecule has 0 unspecified atom stereocenters. The summed E-state index contributed by atoms with van der Waals surface area (Å²) in [5.41, 5.74) is 0. The smallest absolute Gasteiger partial charge is 0.303 e. The number of hydrogen-bond donors (Lipinski definition) is 4. The number of rotatable bonds is 17. The third-order valence-corrected chi connectivity index (χ3v) is 4.54. The number of amides is 1. The molecule has 8 nitrogen and oxygen atoms in total. The number of unbranched alkanes of at least 4 members (excludes halogenated alkanes) is 1. The molecule has 0 aromatic carbocycles. The van der Waals surface area contributed by atoms with Gasteiger partial charge in [0.05, 0.1) is 45.6 Å². The standard InChI is InChI=1S/C19H34N2O6/c1-2-3-4-5-8-17(23)20-11-14-21(15-16-22,12-6-9-18(24)25)13-7-10-19(26)27/h2-3,22H,4-16H2,1H3,(H2-,20,23,24,25,26,27)/p+1/b3-2+. The van der Waals surface area contributed by atoms with E-state index in [9.17, 15) is 19.5 Å². The van der Waals surface area contributed by atoms with Crippen molar-refractivity contribution in [3.63, 3.8) is 0 Å². The molecule has 8 heteroatoms. The summed E-state index contributed by atoms with van der Waals surface area (Å²) in [5.74, 6) is -1.79. The Hall–Kier alpha value is -1.93. The molecule has 0 aromatic heterocycles. The summed E-state index contributed by atoms with van der Waals surface area (Å²) < 4.78 is 0.413. The Morgan fingerprint density at radius 2 is 1.48 bits per heavy atom. The summed E-state index contributed by atoms with van der Waals surface area (Å²) in [5, 5.41) is 30.1. The summed E-state index contributed by atoms with van der Waals surface area (Å²) in [6.07, 6.45) is 7.00. The normalized spacial score (nSPS) is 11.6. The van der Waals surface area contributed by atoms with E-state index in [0.717, 1.165) is 12.8 Å². The van der Waals surface area contributed by atoms with Crippen LogP contribution in [-0.4, -0.2) is 77.0 Å². The van der Waals surface area contributed by atoms with E-state index in [2.05, 4.69) is 5.32 Å². The molecule has 0 rings (SSSR count). The molecule has 0 saturated carbocycles. The molecule has 0 aliphatic carbocycles. The summed E-state index contributed by atoms with van der Waals surface area (Å²) >= 11 is 0. The van der Waals surface area contributed by atoms with Gasteiger partial charge in [0.15, 0.2) is 0 Å². The molecule has 0 atom stereocenters. The Bertz CT molecular complexity index is 459. The maximum absolute atomic E-state index is 11.9. The highest BCUT2D eigenvalue weighted by Gasteiger charge is 2.27. The van der Waals surface area contributed by atoms with Crippen LogP contribution in [-0.2, 0) is 14.4 Å². The third-order valence-electron chi connectivity index (χ3n) is 4.54. The topological polar surface area (TPSA) is 124 Å². The monoisotopic (exact) mass is 387 g/mol. The van der Waals surface area contributed by atoms with Crippen LogP contribution >= 0.6 is 0 Å². The fourth-order valence-corrected chi connectivity index (χ4v) is 3.08. The van der Waals surface area contributed by atoms with Gasteiger partial charge < -0.3 is 25.1 Å². The SMILES string of the molecule is C/C=C/CCCC(=O)NCC[N+](CCO)(CCCC(=O)O)CCCC(=O)O. The van der Waals surface area contributed by atoms with Gasteiger partial charge in [-0.15, -0.1) is 0 Å². The average Bonchev–Trinajstić information content (AvgIpc) is 2.58. The quantitative estimate of drug-likeness (QED) is 0.170. The molecule has 0 bridgehead atoms. The van der Waals surface area contributed by atoms with Crippen molar-refractivity contribution in [2.45, 2.75) is 51.9 Å². The van der Waals surface area contributed by atoms with Gasteiger partial charge in [-0.3, -0.25) is 14.4 Å². The Labute approximate surface area is 161 Å². The molecule has 1 amide bonds. The molecule has 0 aromatic rings. The summed E-state index contributed by atoms with van der Waals surface area (Å²) in [6.45, 7) is 4.30. The molecular formula is C19H35N2O6+. The van der Waals surface area contributed by atoms with Gasteiger partial charge >= 0.3 is 11.9 Å². The zero-order chi connectivity index (χ0) is 20.5. The van der Waals surface area contributed by atoms with E-state index in [1.807, 2.05) is 19.1 Å². The highest BCUT2D eigenvalue weighted by atomic mass is 16.4. The fraction of sp³-hybridized carbons (Fsp3) is 0.737. The van der Waals surface area contributed by atoms with Crippen molar-refractivity contribution in [1.82, 2.24) is 5.32 Å². The first-order valence-corrected chi connectivity index (χ1v) is 9.62. The highest BCUT2D eigenvalue weighted by molar-refractivity contribution is 5.75. The molecule has 0 heterocycles. The van der Waals surface area contributed by atoms with E-state index in [1.165, 1.54) is 0 Å². The summed E-state index contributed by atoms with van der Waals surface area (Å²) in [6, 6.07) is 0. The van der Waals surface area contributed by atoms with Crippen LogP contribution in [0.25, 0.3) is 0 Å². The van der Waals surface area contributed by atoms with Crippen LogP contribution in [0, 0.1) is 0 Å². The summed E-state index contributed by atoms with van der Waals surface area (Å²) in [4.78, 5) is 33.5. The summed E-state index contributed by atoms with van der Waals surface area (Å²) in [7, 11) is 0. The van der Waals surface area contributed by atoms with E-state index in [-0.39, 0.29) is 25.4 Å². The molecule has 0 saturated heterocycles. The first-order chi connectivity index (χ1) is 12.8. The van der Waals surface area contributed by atoms with Gasteiger partial charge in [-0.2, -0.15) is 0 Å². The minimum Gasteiger partial charge on any atom is -0.481 e. The van der Waals surface area contributed by atoms with Gasteiger partial charge in [0.25, 0.3) is 0 Å². The number of carboxylic acid groups (broad SMARTS) is 2. The Kier molecular flexibility index (Phi) is 14.1. The molecule has 0 aliphatic heterocycles. The second-order valence-electron chi connectivity index (χ2n) is 6.77. The molecular weight excluding hydrogens is 352 g/mol. The fourth-order valence-electron chi connectivity index (χ4n) is 3.08. The lowest BCUT2D eigenvalue weighted by molar-refractivity contribution is -0.927. The van der Waals surface area contributed by atoms with Crippen molar-refractivity contribution in [1.29, 1.82) is 0 Å². The van der Waals surface area contributed by atoms with Crippen molar-refractivity contribution < 1.29 is 34.2 Å². The van der Waals surface area contributed by atoms with Crippen molar-refractivity contribution in [3.8, 4) is 0 Å². The van der Waals surface area contributed by atoms with Crippen LogP contribution in [0.5, 0.6) is 0 Å². The molecule has 0 fully saturated rings. The van der Waals surface area contributed by atoms with Crippen molar-refractivity contribution in [2.75, 3.05) is 39.3 Å². The molecule has 4 N–H and O–H groups in total. The largest absolute Gasteiger partial charge is 0.481 e. The molecule has 0 aliphatic rings. The predicted octanol–water partition coefficient (Wildman–Crippen LogP) is 1.39. The lowest BCUT2D eigenvalue weighted by atomic mass is 10.2. The molecule has 27 heavy (non-hydrogen) atoms. The van der Waals surface area contributed by atoms with Gasteiger partial charge in [0.1, 0.15) is 6.54 Å². The number of hydrogen-bond acceptors (Lipinski definition) is 4. The van der Waals surface area contributed by atoms with Gasteiger partial charge in [-0.1, -0.05) is 12.2 Å². The van der Waals surface area contributed by atoms with Crippen LogP contribution in [0.1, 0.15) is 51.9 Å². The Morgan fingerprint density at radius 1 is 0.889 bits per heavy atom. The highest BCUT2D eigenvalue weighted by Crippen LogP contribution is 2.12. The van der Waals surface area contributed by atoms with Crippen molar-refractivity contribution >= 4 is 17.8 Å². The van der Waals surface area contributed by atoms with Crippen LogP contribution in [0.4, 0.5) is 0 Å². The van der Waals surface area contributed by atoms with Crippen molar-refractivity contribution in [2.24, 2.45) is 0 Å². The average molecular weight is 387 g/mol. The number of nitrogens with one attached hydrogen (secondary N) is 1. The van der Waals surface area contributed by atoms with E-state index in [0.29, 0.717) is 56.5 Å². The number of allylic oxidation sites excluding steroid dienone is 2. The minimum absolute atomic E-state index is 0.0294. The molecule has 0 radical (unpaired) electrons. The van der Waals surface area contributed by atoms with Crippen molar-refractivity contribution in [3.05, 3.63) is 12.2 Å². The molecule has 0 spiro atoms. The zero-order valence-electron chi connectivity index (χ0n) is 16.4. The lowest BCUT2D eigenvalue weighted by Gasteiger charge is -2.38. The van der Waals surface area contributed by atoms with Crippen LogP contribution in [0.2, 0.25) is 0 Å². The maximum atomic E-state index is 11.9. The predicted molar refractivity (Wildman–Crippen MR) is 102 cm³/mol. The molecule has 156 valence electrons. The number of aliphatic hydroxyl groups excluding tert-OH is 1. The first-order valence-electron chi connectivity index (χ1n) is 9.62. The third kappa shape index (κ3) is 13.9. The van der Waals surface area contributed by atoms with Crippen LogP contribution < -0.4 is 5.32 Å². The second-order valence-corrected chi connectivity index (χ2v) is 6.77. The van der Waals surface area contributed by atoms with Crippen LogP contribution in [0.3, 0.4) is 0 Å². The van der Waals surface area contributed by atoms with E-state index in [1.54, 1.807) is 0 Å². The lowest BCUT2D eigenvalue weighted by Crippen LogP contribution is -2.54. The Morgan fingerprint density at radius 3 is 1.96 bits per heavy atom. The van der Waals surface area contributed by atoms with Gasteiger partial charge in [0.2, 0.25) is 5.91 Å². The zero-order valence-corrected chi connectivity index (χ0v) is 16.4. The van der Waals surface area contributed by atoms with E-state index >= 15 is 0 Å². The van der Waals surface area contributed by atoms with E-state index in [4.69, 9.17) is 10.2 Å². The number of nitrogens with zero attached hydrogens (tertiary/aromatic N) is 1. The maximum Gasteiger partial charge on any atom is 0.303 e. The van der Waals surface area contributed by atoms with Gasteiger partial charge in [-0.05, 0) is 19.8 Å².